The molecular formula is C5H7N3O3. The topological polar surface area (TPSA) is 81.1 Å². The van der Waals surface area contributed by atoms with Crippen molar-refractivity contribution < 1.29 is 9.92 Å². The largest absolute Gasteiger partial charge is 0.313 e. The molecule has 1 aromatic rings. The fourth-order valence-corrected chi connectivity index (χ4v) is 0.654. The van der Waals surface area contributed by atoms with Gasteiger partial charge >= 0.3 is 0 Å². The van der Waals surface area contributed by atoms with Gasteiger partial charge in [-0.05, 0) is 6.07 Å². The Hall–Kier alpha value is -1.59. The van der Waals surface area contributed by atoms with Crippen LogP contribution in [0.1, 0.15) is 5.69 Å². The first-order valence-electron chi connectivity index (χ1n) is 3.04. The number of aromatic nitrogens is 2. The van der Waals surface area contributed by atoms with Gasteiger partial charge in [-0.3, -0.25) is 5.10 Å². The summed E-state index contributed by atoms with van der Waals surface area (Å²) < 4.78 is 0. The van der Waals surface area contributed by atoms with Crippen molar-refractivity contribution in [1.29, 1.82) is 0 Å². The Kier molecular flexibility index (Phi) is 2.42. The van der Waals surface area contributed by atoms with Gasteiger partial charge in [0.25, 0.3) is 5.09 Å². The number of nitrogens with zero attached hydrogens (tertiary/aromatic N) is 2. The van der Waals surface area contributed by atoms with Crippen LogP contribution in [0, 0.1) is 10.1 Å². The van der Waals surface area contributed by atoms with Crippen molar-refractivity contribution in [3.8, 4) is 0 Å². The van der Waals surface area contributed by atoms with Crippen molar-refractivity contribution in [3.05, 3.63) is 28.1 Å². The summed E-state index contributed by atoms with van der Waals surface area (Å²) in [5.41, 5.74) is 0.826. The molecule has 0 aromatic carbocycles. The Morgan fingerprint density at radius 1 is 1.82 bits per heavy atom. The molecule has 0 unspecified atom stereocenters. The Balaban J connectivity index is 2.19. The third-order valence-electron chi connectivity index (χ3n) is 1.13. The molecule has 60 valence electrons. The molecule has 1 heterocycles. The minimum Gasteiger partial charge on any atom is -0.313 e. The van der Waals surface area contributed by atoms with Crippen molar-refractivity contribution in [3.63, 3.8) is 0 Å². The first-order chi connectivity index (χ1) is 5.29. The molecule has 0 aliphatic rings. The quantitative estimate of drug-likeness (QED) is 0.498. The summed E-state index contributed by atoms with van der Waals surface area (Å²) in [5, 5.41) is 15.2. The maximum absolute atomic E-state index is 9.69. The predicted octanol–water partition coefficient (Wildman–Crippen LogP) is 0.160. The number of hydrogen-bond donors (Lipinski definition) is 1. The van der Waals surface area contributed by atoms with Crippen LogP contribution in [0.2, 0.25) is 0 Å². The highest BCUT2D eigenvalue weighted by Gasteiger charge is 1.96. The van der Waals surface area contributed by atoms with E-state index in [2.05, 4.69) is 15.0 Å². The molecule has 0 atom stereocenters. The van der Waals surface area contributed by atoms with E-state index in [1.165, 1.54) is 0 Å². The molecule has 0 aliphatic heterocycles. The number of aromatic amines is 1. The molecule has 0 radical (unpaired) electrons. The molecule has 6 nitrogen and oxygen atoms in total. The van der Waals surface area contributed by atoms with Crippen molar-refractivity contribution in [2.24, 2.45) is 0 Å². The molecule has 1 N–H and O–H groups in total. The van der Waals surface area contributed by atoms with Crippen molar-refractivity contribution in [2.45, 2.75) is 6.42 Å². The molecule has 0 saturated heterocycles. The van der Waals surface area contributed by atoms with E-state index in [0.717, 1.165) is 5.69 Å². The number of nitrogens with one attached hydrogen (secondary N) is 1. The number of H-pyrrole nitrogens is 1. The van der Waals surface area contributed by atoms with Crippen LogP contribution >= 0.6 is 0 Å². The third-order valence-corrected chi connectivity index (χ3v) is 1.13. The van der Waals surface area contributed by atoms with Crippen LogP contribution in [0.25, 0.3) is 0 Å². The maximum atomic E-state index is 9.69. The van der Waals surface area contributed by atoms with Crippen LogP contribution in [0.15, 0.2) is 12.3 Å². The van der Waals surface area contributed by atoms with Crippen LogP contribution in [-0.4, -0.2) is 21.9 Å². The van der Waals surface area contributed by atoms with E-state index in [-0.39, 0.29) is 6.61 Å². The maximum Gasteiger partial charge on any atom is 0.294 e. The van der Waals surface area contributed by atoms with E-state index < -0.39 is 5.09 Å². The molecule has 0 bridgehead atoms. The van der Waals surface area contributed by atoms with E-state index in [1.807, 2.05) is 0 Å². The smallest absolute Gasteiger partial charge is 0.294 e. The zero-order valence-electron chi connectivity index (χ0n) is 5.69. The molecule has 0 saturated carbocycles. The summed E-state index contributed by atoms with van der Waals surface area (Å²) in [7, 11) is 0. The van der Waals surface area contributed by atoms with E-state index in [9.17, 15) is 10.1 Å². The van der Waals surface area contributed by atoms with Crippen LogP contribution < -0.4 is 0 Å². The van der Waals surface area contributed by atoms with Crippen LogP contribution in [-0.2, 0) is 11.3 Å². The van der Waals surface area contributed by atoms with Gasteiger partial charge in [-0.2, -0.15) is 5.10 Å². The minimum atomic E-state index is -0.809. The van der Waals surface area contributed by atoms with E-state index in [1.54, 1.807) is 12.3 Å². The second-order valence-electron chi connectivity index (χ2n) is 1.89. The molecule has 1 aromatic heterocycles. The Morgan fingerprint density at radius 2 is 2.64 bits per heavy atom. The highest BCUT2D eigenvalue weighted by Crippen LogP contribution is 1.92. The fourth-order valence-electron chi connectivity index (χ4n) is 0.654. The molecular weight excluding hydrogens is 150 g/mol. The van der Waals surface area contributed by atoms with Crippen molar-refractivity contribution in [2.75, 3.05) is 6.61 Å². The molecule has 0 spiro atoms. The van der Waals surface area contributed by atoms with Crippen LogP contribution in [0.3, 0.4) is 0 Å². The molecule has 0 fully saturated rings. The average molecular weight is 157 g/mol. The number of rotatable bonds is 4. The monoisotopic (exact) mass is 157 g/mol. The first-order valence-corrected chi connectivity index (χ1v) is 3.04. The van der Waals surface area contributed by atoms with Crippen molar-refractivity contribution in [1.82, 2.24) is 10.2 Å². The lowest BCUT2D eigenvalue weighted by Gasteiger charge is -1.94. The molecule has 11 heavy (non-hydrogen) atoms. The van der Waals surface area contributed by atoms with Crippen molar-refractivity contribution >= 4 is 0 Å². The summed E-state index contributed by atoms with van der Waals surface area (Å²) in [6.45, 7) is 0.0647. The van der Waals surface area contributed by atoms with Crippen LogP contribution in [0.4, 0.5) is 0 Å². The average Bonchev–Trinajstić information content (AvgIpc) is 2.39. The Labute approximate surface area is 62.3 Å². The van der Waals surface area contributed by atoms with Gasteiger partial charge in [0, 0.05) is 18.3 Å². The molecule has 0 amide bonds. The highest BCUT2D eigenvalue weighted by atomic mass is 16.9. The van der Waals surface area contributed by atoms with Gasteiger partial charge in [0.05, 0.1) is 0 Å². The van der Waals surface area contributed by atoms with Crippen LogP contribution in [0.5, 0.6) is 0 Å². The number of hydrogen-bond acceptors (Lipinski definition) is 4. The first kappa shape index (κ1) is 7.52. The summed E-state index contributed by atoms with van der Waals surface area (Å²) in [6, 6.07) is 1.74. The van der Waals surface area contributed by atoms with Gasteiger partial charge in [0.1, 0.15) is 6.61 Å². The normalized spacial score (nSPS) is 9.45. The third kappa shape index (κ3) is 2.65. The molecule has 1 rings (SSSR count). The van der Waals surface area contributed by atoms with Gasteiger partial charge < -0.3 is 4.84 Å². The second-order valence-corrected chi connectivity index (χ2v) is 1.89. The van der Waals surface area contributed by atoms with E-state index in [4.69, 9.17) is 0 Å². The fraction of sp³-hybridized carbons (Fsp3) is 0.400. The zero-order valence-corrected chi connectivity index (χ0v) is 5.69. The van der Waals surface area contributed by atoms with Gasteiger partial charge in [-0.15, -0.1) is 10.1 Å². The van der Waals surface area contributed by atoms with Gasteiger partial charge in [0.2, 0.25) is 0 Å². The summed E-state index contributed by atoms with van der Waals surface area (Å²) >= 11 is 0. The lowest BCUT2D eigenvalue weighted by molar-refractivity contribution is -0.757. The summed E-state index contributed by atoms with van der Waals surface area (Å²) in [5.74, 6) is 0. The zero-order chi connectivity index (χ0) is 8.10. The lowest BCUT2D eigenvalue weighted by Crippen LogP contribution is -2.04. The van der Waals surface area contributed by atoms with Gasteiger partial charge in [0.15, 0.2) is 0 Å². The summed E-state index contributed by atoms with van der Waals surface area (Å²) in [6.07, 6.45) is 2.06. The Morgan fingerprint density at radius 3 is 3.18 bits per heavy atom. The lowest BCUT2D eigenvalue weighted by atomic mass is 10.3. The standard InChI is InChI=1S/C5H7N3O3/c9-8(10)11-4-2-5-1-3-6-7-5/h1,3H,2,4H2,(H,6,7). The van der Waals surface area contributed by atoms with Gasteiger partial charge in [-0.25, -0.2) is 0 Å². The SMILES string of the molecule is O=[N+]([O-])OCCc1ccn[nH]1. The molecule has 0 aliphatic carbocycles. The van der Waals surface area contributed by atoms with E-state index >= 15 is 0 Å². The second kappa shape index (κ2) is 3.55. The predicted molar refractivity (Wildman–Crippen MR) is 35.2 cm³/mol. The summed E-state index contributed by atoms with van der Waals surface area (Å²) in [4.78, 5) is 13.8. The Bertz CT molecular complexity index is 221. The minimum absolute atomic E-state index is 0.0647. The molecule has 6 heteroatoms. The van der Waals surface area contributed by atoms with Gasteiger partial charge in [-0.1, -0.05) is 0 Å². The highest BCUT2D eigenvalue weighted by molar-refractivity contribution is 4.96. The van der Waals surface area contributed by atoms with E-state index in [0.29, 0.717) is 6.42 Å².